The van der Waals surface area contributed by atoms with Gasteiger partial charge in [-0.15, -0.1) is 0 Å². The highest BCUT2D eigenvalue weighted by Crippen LogP contribution is 2.38. The summed E-state index contributed by atoms with van der Waals surface area (Å²) < 4.78 is 16.3. The lowest BCUT2D eigenvalue weighted by Crippen LogP contribution is -2.46. The number of carboxylic acid groups (broad SMARTS) is 2. The molecule has 2 aromatic rings. The van der Waals surface area contributed by atoms with Crippen LogP contribution in [0.15, 0.2) is 36.5 Å². The van der Waals surface area contributed by atoms with Gasteiger partial charge in [-0.05, 0) is 49.2 Å². The van der Waals surface area contributed by atoms with Crippen molar-refractivity contribution in [1.82, 2.24) is 9.88 Å². The van der Waals surface area contributed by atoms with Crippen LogP contribution in [-0.4, -0.2) is 75.9 Å². The molecule has 10 nitrogen and oxygen atoms in total. The Hall–Kier alpha value is -3.53. The van der Waals surface area contributed by atoms with Crippen LogP contribution in [0.3, 0.4) is 0 Å². The van der Waals surface area contributed by atoms with Crippen molar-refractivity contribution >= 4 is 17.8 Å². The summed E-state index contributed by atoms with van der Waals surface area (Å²) in [5, 5.41) is 17.9. The summed E-state index contributed by atoms with van der Waals surface area (Å²) in [4.78, 5) is 27.2. The van der Waals surface area contributed by atoms with Gasteiger partial charge >= 0.3 is 0 Å². The molecule has 0 N–H and O–H groups in total. The van der Waals surface area contributed by atoms with Gasteiger partial charge in [0.05, 0.1) is 33.3 Å². The van der Waals surface area contributed by atoms with Crippen LogP contribution in [0, 0.1) is 0 Å². The molecule has 1 saturated heterocycles. The lowest BCUT2D eigenvalue weighted by atomic mass is 10.1. The largest absolute Gasteiger partial charge is 0.543 e. The monoisotopic (exact) mass is 459 g/mol. The number of aromatic nitrogens is 1. The number of ether oxygens (including phenoxy) is 3. The van der Waals surface area contributed by atoms with Gasteiger partial charge in [0, 0.05) is 32.4 Å². The highest BCUT2D eigenvalue weighted by atomic mass is 16.5. The van der Waals surface area contributed by atoms with Crippen molar-refractivity contribution in [2.24, 2.45) is 0 Å². The third kappa shape index (κ3) is 7.83. The molecule has 0 bridgehead atoms. The number of aliphatic carboxylic acids is 2. The van der Waals surface area contributed by atoms with E-state index in [4.69, 9.17) is 34.0 Å². The van der Waals surface area contributed by atoms with Crippen LogP contribution in [0.1, 0.15) is 12.0 Å². The first-order valence-electron chi connectivity index (χ1n) is 10.5. The van der Waals surface area contributed by atoms with Crippen LogP contribution in [0.2, 0.25) is 0 Å². The number of piperazine rings is 1. The molecule has 2 heterocycles. The summed E-state index contributed by atoms with van der Waals surface area (Å²) in [7, 11) is 4.94. The number of hydrogen-bond acceptors (Lipinski definition) is 10. The minimum absolute atomic E-state index is 0.648. The first-order chi connectivity index (χ1) is 15.9. The molecular weight excluding hydrogens is 430 g/mol. The predicted octanol–water partition coefficient (Wildman–Crippen LogP) is -0.652. The van der Waals surface area contributed by atoms with E-state index in [1.807, 2.05) is 30.5 Å². The topological polar surface area (TPSA) is 127 Å². The van der Waals surface area contributed by atoms with E-state index in [1.54, 1.807) is 21.3 Å². The van der Waals surface area contributed by atoms with Crippen molar-refractivity contribution in [1.29, 1.82) is 0 Å². The average molecular weight is 459 g/mol. The van der Waals surface area contributed by atoms with Gasteiger partial charge in [-0.2, -0.15) is 0 Å². The fourth-order valence-corrected chi connectivity index (χ4v) is 3.53. The van der Waals surface area contributed by atoms with Gasteiger partial charge in [0.15, 0.2) is 11.5 Å². The lowest BCUT2D eigenvalue weighted by Gasteiger charge is -2.35. The van der Waals surface area contributed by atoms with Crippen LogP contribution in [0.5, 0.6) is 17.2 Å². The molecule has 0 saturated carbocycles. The van der Waals surface area contributed by atoms with Crippen molar-refractivity contribution in [2.75, 3.05) is 59.0 Å². The maximum Gasteiger partial charge on any atom is 0.203 e. The second-order valence-corrected chi connectivity index (χ2v) is 7.23. The number of aryl methyl sites for hydroxylation is 1. The van der Waals surface area contributed by atoms with Gasteiger partial charge in [0.25, 0.3) is 0 Å². The van der Waals surface area contributed by atoms with Crippen molar-refractivity contribution in [2.45, 2.75) is 12.8 Å². The minimum Gasteiger partial charge on any atom is -0.543 e. The SMILES string of the molecule is COc1cc(CCCN2CCN(c3ccccn3)CC2)cc(OC)c1OC.O=C([O-])C(=O)[O-]. The summed E-state index contributed by atoms with van der Waals surface area (Å²) >= 11 is 0. The van der Waals surface area contributed by atoms with Gasteiger partial charge in [0.1, 0.15) is 5.82 Å². The number of carbonyl (C=O) groups excluding carboxylic acids is 2. The zero-order valence-electron chi connectivity index (χ0n) is 19.1. The number of anilines is 1. The lowest BCUT2D eigenvalue weighted by molar-refractivity contribution is -0.345. The van der Waals surface area contributed by atoms with Crippen molar-refractivity contribution < 1.29 is 34.0 Å². The molecule has 0 atom stereocenters. The normalized spacial score (nSPS) is 13.5. The zero-order valence-corrected chi connectivity index (χ0v) is 19.1. The standard InChI is InChI=1S/C21H29N3O3.C2H2O4/c1-25-18-15-17(16-19(26-2)21(18)27-3)7-6-10-23-11-13-24(14-12-23)20-8-4-5-9-22-20;3-1(4)2(5)6/h4-5,8-9,15-16H,6-7,10-14H2,1-3H3;(H,3,4)(H,5,6)/p-2. The molecule has 10 heteroatoms. The molecule has 0 spiro atoms. The molecule has 0 unspecified atom stereocenters. The Morgan fingerprint density at radius 3 is 2.00 bits per heavy atom. The van der Waals surface area contributed by atoms with E-state index in [9.17, 15) is 0 Å². The molecule has 1 aromatic carbocycles. The van der Waals surface area contributed by atoms with Crippen molar-refractivity contribution in [3.8, 4) is 17.2 Å². The molecule has 0 amide bonds. The second-order valence-electron chi connectivity index (χ2n) is 7.23. The summed E-state index contributed by atoms with van der Waals surface area (Å²) in [6.07, 6.45) is 3.94. The third-order valence-corrected chi connectivity index (χ3v) is 5.18. The summed E-state index contributed by atoms with van der Waals surface area (Å²) in [5.74, 6) is -1.21. The molecule has 1 fully saturated rings. The van der Waals surface area contributed by atoms with E-state index in [1.165, 1.54) is 5.56 Å². The summed E-state index contributed by atoms with van der Waals surface area (Å²) in [6.45, 7) is 5.30. The van der Waals surface area contributed by atoms with Crippen LogP contribution < -0.4 is 29.3 Å². The molecule has 3 rings (SSSR count). The Balaban J connectivity index is 0.000000569. The average Bonchev–Trinajstić information content (AvgIpc) is 2.84. The summed E-state index contributed by atoms with van der Waals surface area (Å²) in [6, 6.07) is 10.2. The molecule has 180 valence electrons. The van der Waals surface area contributed by atoms with E-state index in [-0.39, 0.29) is 0 Å². The van der Waals surface area contributed by atoms with E-state index in [0.29, 0.717) is 5.75 Å². The van der Waals surface area contributed by atoms with Crippen molar-refractivity contribution in [3.05, 3.63) is 42.1 Å². The molecule has 0 radical (unpaired) electrons. The Morgan fingerprint density at radius 2 is 1.55 bits per heavy atom. The van der Waals surface area contributed by atoms with Gasteiger partial charge in [-0.3, -0.25) is 4.90 Å². The number of benzene rings is 1. The molecular formula is C23H29N3O7-2. The fraction of sp³-hybridized carbons (Fsp3) is 0.435. The highest BCUT2D eigenvalue weighted by Gasteiger charge is 2.18. The van der Waals surface area contributed by atoms with E-state index in [2.05, 4.69) is 20.9 Å². The molecule has 1 aliphatic heterocycles. The first kappa shape index (κ1) is 25.7. The van der Waals surface area contributed by atoms with Gasteiger partial charge in [-0.1, -0.05) is 6.07 Å². The van der Waals surface area contributed by atoms with E-state index >= 15 is 0 Å². The van der Waals surface area contributed by atoms with Crippen LogP contribution in [0.25, 0.3) is 0 Å². The summed E-state index contributed by atoms with van der Waals surface area (Å²) in [5.41, 5.74) is 1.21. The number of carboxylic acids is 2. The minimum atomic E-state index is -2.19. The Bertz CT molecular complexity index is 863. The van der Waals surface area contributed by atoms with Crippen LogP contribution in [0.4, 0.5) is 5.82 Å². The fourth-order valence-electron chi connectivity index (χ4n) is 3.53. The van der Waals surface area contributed by atoms with E-state index < -0.39 is 11.9 Å². The number of methoxy groups -OCH3 is 3. The van der Waals surface area contributed by atoms with Crippen LogP contribution in [-0.2, 0) is 16.0 Å². The third-order valence-electron chi connectivity index (χ3n) is 5.18. The number of rotatable bonds is 8. The second kappa shape index (κ2) is 13.1. The maximum absolute atomic E-state index is 8.93. The number of nitrogens with zero attached hydrogens (tertiary/aromatic N) is 3. The molecule has 1 aliphatic rings. The van der Waals surface area contributed by atoms with Gasteiger partial charge < -0.3 is 38.9 Å². The van der Waals surface area contributed by atoms with Gasteiger partial charge in [0.2, 0.25) is 5.75 Å². The Kier molecular flexibility index (Phi) is 10.2. The quantitative estimate of drug-likeness (QED) is 0.470. The Morgan fingerprint density at radius 1 is 0.939 bits per heavy atom. The first-order valence-corrected chi connectivity index (χ1v) is 10.5. The molecule has 33 heavy (non-hydrogen) atoms. The van der Waals surface area contributed by atoms with E-state index in [0.717, 1.165) is 62.9 Å². The maximum atomic E-state index is 8.93. The predicted molar refractivity (Wildman–Crippen MR) is 117 cm³/mol. The van der Waals surface area contributed by atoms with Gasteiger partial charge in [-0.25, -0.2) is 4.98 Å². The smallest absolute Gasteiger partial charge is 0.203 e. The van der Waals surface area contributed by atoms with Crippen molar-refractivity contribution in [3.63, 3.8) is 0 Å². The number of hydrogen-bond donors (Lipinski definition) is 0. The molecule has 1 aromatic heterocycles. The zero-order chi connectivity index (χ0) is 24.2. The number of pyridine rings is 1. The Labute approximate surface area is 193 Å². The molecule has 0 aliphatic carbocycles. The number of carbonyl (C=O) groups is 2. The van der Waals surface area contributed by atoms with Crippen LogP contribution >= 0.6 is 0 Å². The highest BCUT2D eigenvalue weighted by molar-refractivity contribution is 6.25.